The summed E-state index contributed by atoms with van der Waals surface area (Å²) in [7, 11) is 0. The van der Waals surface area contributed by atoms with Crippen LogP contribution in [0.1, 0.15) is 45.9 Å². The summed E-state index contributed by atoms with van der Waals surface area (Å²) in [6, 6.07) is 19.3. The number of carbonyl (C=O) groups is 2. The van der Waals surface area contributed by atoms with Gasteiger partial charge in [-0.15, -0.1) is 0 Å². The van der Waals surface area contributed by atoms with Crippen LogP contribution in [-0.4, -0.2) is 25.0 Å². The molecule has 1 heterocycles. The molecule has 0 spiro atoms. The maximum atomic E-state index is 12.9. The van der Waals surface area contributed by atoms with Gasteiger partial charge in [0.2, 0.25) is 0 Å². The predicted molar refractivity (Wildman–Crippen MR) is 134 cm³/mol. The summed E-state index contributed by atoms with van der Waals surface area (Å²) in [5, 5.41) is 0.628. The van der Waals surface area contributed by atoms with Gasteiger partial charge < -0.3 is 18.6 Å². The molecule has 0 saturated carbocycles. The first-order valence-electron chi connectivity index (χ1n) is 11.4. The van der Waals surface area contributed by atoms with Gasteiger partial charge in [-0.25, -0.2) is 4.79 Å². The van der Waals surface area contributed by atoms with Gasteiger partial charge in [-0.1, -0.05) is 18.2 Å². The minimum Gasteiger partial charge on any atom is -0.494 e. The summed E-state index contributed by atoms with van der Waals surface area (Å²) in [5.41, 5.74) is 2.22. The van der Waals surface area contributed by atoms with Crippen molar-refractivity contribution in [1.82, 2.24) is 0 Å². The quantitative estimate of drug-likeness (QED) is 0.118. The van der Waals surface area contributed by atoms with Gasteiger partial charge in [-0.05, 0) is 81.5 Å². The van der Waals surface area contributed by atoms with Gasteiger partial charge in [0.25, 0.3) is 0 Å². The monoisotopic (exact) mass is 470 g/mol. The first-order valence-corrected chi connectivity index (χ1v) is 11.4. The minimum absolute atomic E-state index is 0.172. The molecule has 0 aliphatic heterocycles. The number of carbonyl (C=O) groups excluding carboxylic acids is 2. The number of furan rings is 1. The standard InChI is InChI=1S/C29H26O6/c1-4-32-23-15-17-27-24(18-23)28(19(3)34-27)29(31)35-22-13-10-20(11-14-22)25(30)16-12-21-8-6-7-9-26(21)33-5-2/h6-18H,4-5H2,1-3H3/b16-12+. The van der Waals surface area contributed by atoms with Gasteiger partial charge in [0, 0.05) is 16.5 Å². The third-order valence-corrected chi connectivity index (χ3v) is 5.33. The van der Waals surface area contributed by atoms with Crippen molar-refractivity contribution in [3.63, 3.8) is 0 Å². The average Bonchev–Trinajstić information content (AvgIpc) is 3.19. The molecule has 0 atom stereocenters. The van der Waals surface area contributed by atoms with E-state index in [2.05, 4.69) is 0 Å². The zero-order chi connectivity index (χ0) is 24.8. The second-order valence-electron chi connectivity index (χ2n) is 7.71. The number of allylic oxidation sites excluding steroid dienone is 1. The molecule has 0 aliphatic rings. The molecule has 4 rings (SSSR count). The fraction of sp³-hybridized carbons (Fsp3) is 0.172. The lowest BCUT2D eigenvalue weighted by Gasteiger charge is -2.06. The molecule has 6 heteroatoms. The zero-order valence-electron chi connectivity index (χ0n) is 19.9. The van der Waals surface area contributed by atoms with E-state index in [0.717, 1.165) is 11.3 Å². The predicted octanol–water partition coefficient (Wildman–Crippen LogP) is 6.65. The Kier molecular flexibility index (Phi) is 7.31. The van der Waals surface area contributed by atoms with E-state index < -0.39 is 5.97 Å². The van der Waals surface area contributed by atoms with Crippen LogP contribution in [0.2, 0.25) is 0 Å². The maximum Gasteiger partial charge on any atom is 0.347 e. The summed E-state index contributed by atoms with van der Waals surface area (Å²) < 4.78 is 22.4. The second kappa shape index (κ2) is 10.7. The van der Waals surface area contributed by atoms with E-state index in [1.54, 1.807) is 55.5 Å². The van der Waals surface area contributed by atoms with Crippen molar-refractivity contribution in [2.24, 2.45) is 0 Å². The largest absolute Gasteiger partial charge is 0.494 e. The number of ether oxygens (including phenoxy) is 3. The van der Waals surface area contributed by atoms with Crippen molar-refractivity contribution in [3.8, 4) is 17.2 Å². The molecule has 0 unspecified atom stereocenters. The average molecular weight is 471 g/mol. The van der Waals surface area contributed by atoms with Crippen LogP contribution in [0.3, 0.4) is 0 Å². The van der Waals surface area contributed by atoms with Gasteiger partial charge in [0.05, 0.1) is 13.2 Å². The maximum absolute atomic E-state index is 12.9. The molecular weight excluding hydrogens is 444 g/mol. The molecule has 1 aromatic heterocycles. The highest BCUT2D eigenvalue weighted by Gasteiger charge is 2.21. The van der Waals surface area contributed by atoms with Gasteiger partial charge in [-0.2, -0.15) is 0 Å². The van der Waals surface area contributed by atoms with Gasteiger partial charge in [-0.3, -0.25) is 4.79 Å². The molecule has 178 valence electrons. The SMILES string of the molecule is CCOc1ccc2oc(C)c(C(=O)Oc3ccc(C(=O)/C=C/c4ccccc4OCC)cc3)c2c1. The molecule has 0 aliphatic carbocycles. The van der Waals surface area contributed by atoms with Crippen LogP contribution in [-0.2, 0) is 0 Å². The molecule has 4 aromatic rings. The van der Waals surface area contributed by atoms with Crippen LogP contribution in [0.5, 0.6) is 17.2 Å². The number of fused-ring (bicyclic) bond motifs is 1. The summed E-state index contributed by atoms with van der Waals surface area (Å²) in [6.45, 7) is 6.58. The Morgan fingerprint density at radius 1 is 0.886 bits per heavy atom. The van der Waals surface area contributed by atoms with Crippen molar-refractivity contribution in [2.45, 2.75) is 20.8 Å². The molecule has 0 N–H and O–H groups in total. The molecule has 0 radical (unpaired) electrons. The topological polar surface area (TPSA) is 75.0 Å². The van der Waals surface area contributed by atoms with Gasteiger partial charge in [0.15, 0.2) is 5.78 Å². The molecular formula is C29H26O6. The van der Waals surface area contributed by atoms with E-state index in [-0.39, 0.29) is 5.78 Å². The summed E-state index contributed by atoms with van der Waals surface area (Å²) >= 11 is 0. The van der Waals surface area contributed by atoms with Crippen LogP contribution >= 0.6 is 0 Å². The summed E-state index contributed by atoms with van der Waals surface area (Å²) in [5.74, 6) is 1.44. The lowest BCUT2D eigenvalue weighted by Crippen LogP contribution is -2.09. The van der Waals surface area contributed by atoms with Gasteiger partial charge in [0.1, 0.15) is 34.2 Å². The van der Waals surface area contributed by atoms with E-state index in [4.69, 9.17) is 18.6 Å². The van der Waals surface area contributed by atoms with Crippen molar-refractivity contribution in [2.75, 3.05) is 13.2 Å². The Hall–Kier alpha value is -4.32. The molecule has 3 aromatic carbocycles. The number of benzene rings is 3. The lowest BCUT2D eigenvalue weighted by atomic mass is 10.1. The Labute approximate surface area is 203 Å². The third-order valence-electron chi connectivity index (χ3n) is 5.33. The Bertz CT molecular complexity index is 1380. The lowest BCUT2D eigenvalue weighted by molar-refractivity contribution is 0.0734. The third kappa shape index (κ3) is 5.44. The molecule has 35 heavy (non-hydrogen) atoms. The van der Waals surface area contributed by atoms with Crippen molar-refractivity contribution >= 4 is 28.8 Å². The summed E-state index contributed by atoms with van der Waals surface area (Å²) in [6.07, 6.45) is 3.22. The van der Waals surface area contributed by atoms with Crippen molar-refractivity contribution in [1.29, 1.82) is 0 Å². The Balaban J connectivity index is 1.48. The van der Waals surface area contributed by atoms with E-state index >= 15 is 0 Å². The van der Waals surface area contributed by atoms with Crippen LogP contribution in [0.25, 0.3) is 17.0 Å². The fourth-order valence-electron chi connectivity index (χ4n) is 3.72. The van der Waals surface area contributed by atoms with E-state index in [0.29, 0.717) is 52.6 Å². The highest BCUT2D eigenvalue weighted by molar-refractivity contribution is 6.07. The van der Waals surface area contributed by atoms with E-state index in [1.165, 1.54) is 6.08 Å². The van der Waals surface area contributed by atoms with Crippen molar-refractivity contribution in [3.05, 3.63) is 95.3 Å². The smallest absolute Gasteiger partial charge is 0.347 e. The van der Waals surface area contributed by atoms with Crippen LogP contribution in [0, 0.1) is 6.92 Å². The molecule has 0 bridgehead atoms. The highest BCUT2D eigenvalue weighted by Crippen LogP contribution is 2.30. The van der Waals surface area contributed by atoms with Crippen LogP contribution < -0.4 is 14.2 Å². The highest BCUT2D eigenvalue weighted by atomic mass is 16.5. The Morgan fingerprint density at radius 3 is 2.34 bits per heavy atom. The number of hydrogen-bond acceptors (Lipinski definition) is 6. The fourth-order valence-corrected chi connectivity index (χ4v) is 3.72. The van der Waals surface area contributed by atoms with Gasteiger partial charge >= 0.3 is 5.97 Å². The second-order valence-corrected chi connectivity index (χ2v) is 7.71. The normalized spacial score (nSPS) is 11.1. The zero-order valence-corrected chi connectivity index (χ0v) is 19.9. The number of para-hydroxylation sites is 1. The van der Waals surface area contributed by atoms with Crippen molar-refractivity contribution < 1.29 is 28.2 Å². The number of rotatable bonds is 9. The number of aryl methyl sites for hydroxylation is 1. The molecule has 0 saturated heterocycles. The molecule has 0 amide bonds. The van der Waals surface area contributed by atoms with E-state index in [9.17, 15) is 9.59 Å². The Morgan fingerprint density at radius 2 is 1.60 bits per heavy atom. The molecule has 0 fully saturated rings. The van der Waals surface area contributed by atoms with E-state index in [1.807, 2.05) is 38.1 Å². The van der Waals surface area contributed by atoms with Crippen LogP contribution in [0.4, 0.5) is 0 Å². The molecule has 6 nitrogen and oxygen atoms in total. The first-order chi connectivity index (χ1) is 17.0. The summed E-state index contributed by atoms with van der Waals surface area (Å²) in [4.78, 5) is 25.6. The number of hydrogen-bond donors (Lipinski definition) is 0. The first kappa shape index (κ1) is 23.8. The number of esters is 1. The minimum atomic E-state index is -0.540. The number of ketones is 1. The van der Waals surface area contributed by atoms with Crippen LogP contribution in [0.15, 0.2) is 77.2 Å².